The summed E-state index contributed by atoms with van der Waals surface area (Å²) in [7, 11) is 1.81. The third-order valence-corrected chi connectivity index (χ3v) is 4.68. The molecule has 0 unspecified atom stereocenters. The molecule has 1 aliphatic rings. The van der Waals surface area contributed by atoms with Crippen LogP contribution in [0.4, 0.5) is 0 Å². The third kappa shape index (κ3) is 3.97. The normalized spacial score (nSPS) is 16.9. The van der Waals surface area contributed by atoms with Gasteiger partial charge >= 0.3 is 0 Å². The Morgan fingerprint density at radius 1 is 1.19 bits per heavy atom. The second-order valence-electron chi connectivity index (χ2n) is 6.69. The average Bonchev–Trinajstić information content (AvgIpc) is 3.15. The summed E-state index contributed by atoms with van der Waals surface area (Å²) in [6, 6.07) is 9.52. The highest BCUT2D eigenvalue weighted by atomic mass is 16.5. The molecular weight excluding hydrogens is 342 g/mol. The molecule has 138 valence electrons. The van der Waals surface area contributed by atoms with Gasteiger partial charge in [0.25, 0.3) is 5.91 Å². The number of carbonyl (C=O) groups is 1. The summed E-state index contributed by atoms with van der Waals surface area (Å²) >= 11 is 0. The molecule has 0 saturated carbocycles. The van der Waals surface area contributed by atoms with Crippen LogP contribution in [-0.4, -0.2) is 43.6 Å². The molecule has 0 spiro atoms. The lowest BCUT2D eigenvalue weighted by molar-refractivity contribution is 0.0705. The summed E-state index contributed by atoms with van der Waals surface area (Å²) in [5.41, 5.74) is 1.47. The van der Waals surface area contributed by atoms with Gasteiger partial charge in [0.2, 0.25) is 5.88 Å². The number of aromatic nitrogens is 4. The number of ether oxygens (including phenoxy) is 1. The predicted molar refractivity (Wildman–Crippen MR) is 99.6 cm³/mol. The first-order valence-electron chi connectivity index (χ1n) is 9.02. The maximum absolute atomic E-state index is 12.7. The van der Waals surface area contributed by atoms with Crippen LogP contribution in [0.3, 0.4) is 0 Å². The highest BCUT2D eigenvalue weighted by Gasteiger charge is 2.27. The van der Waals surface area contributed by atoms with Crippen LogP contribution in [0.5, 0.6) is 11.6 Å². The van der Waals surface area contributed by atoms with E-state index >= 15 is 0 Å². The molecule has 0 N–H and O–H groups in total. The van der Waals surface area contributed by atoms with E-state index in [1.807, 2.05) is 42.3 Å². The Balaban J connectivity index is 1.48. The molecule has 7 nitrogen and oxygen atoms in total. The number of benzene rings is 1. The number of aryl methyl sites for hydroxylation is 1. The minimum absolute atomic E-state index is 0.0115. The summed E-state index contributed by atoms with van der Waals surface area (Å²) in [4.78, 5) is 23.5. The highest BCUT2D eigenvalue weighted by molar-refractivity contribution is 5.93. The van der Waals surface area contributed by atoms with Crippen molar-refractivity contribution in [2.45, 2.75) is 18.8 Å². The summed E-state index contributed by atoms with van der Waals surface area (Å²) in [6.07, 6.45) is 8.64. The largest absolute Gasteiger partial charge is 0.437 e. The van der Waals surface area contributed by atoms with Crippen molar-refractivity contribution in [3.05, 3.63) is 66.4 Å². The first-order valence-corrected chi connectivity index (χ1v) is 9.02. The van der Waals surface area contributed by atoms with Crippen molar-refractivity contribution in [3.8, 4) is 11.6 Å². The number of hydrogen-bond acceptors (Lipinski definition) is 5. The molecule has 1 aromatic carbocycles. The van der Waals surface area contributed by atoms with Gasteiger partial charge in [-0.05, 0) is 25.0 Å². The molecule has 1 amide bonds. The van der Waals surface area contributed by atoms with Crippen LogP contribution < -0.4 is 4.74 Å². The molecule has 1 atom stereocenters. The van der Waals surface area contributed by atoms with Gasteiger partial charge in [-0.25, -0.2) is 4.98 Å². The van der Waals surface area contributed by atoms with Crippen LogP contribution in [0.2, 0.25) is 0 Å². The summed E-state index contributed by atoms with van der Waals surface area (Å²) < 4.78 is 7.43. The summed E-state index contributed by atoms with van der Waals surface area (Å²) in [6.45, 7) is 1.37. The number of piperidine rings is 1. The van der Waals surface area contributed by atoms with Crippen LogP contribution in [0.15, 0.2) is 55.1 Å². The number of amides is 1. The maximum Gasteiger partial charge on any atom is 0.257 e. The molecule has 4 rings (SSSR count). The minimum Gasteiger partial charge on any atom is -0.437 e. The minimum atomic E-state index is 0.0115. The number of para-hydroxylation sites is 1. The quantitative estimate of drug-likeness (QED) is 0.712. The standard InChI is InChI=1S/C20H21N5O2/c1-24-13-16(10-22-24)20(26)25-9-5-6-15(14-25)18-11-21-12-19(23-18)27-17-7-3-2-4-8-17/h2-4,7-8,10-13,15H,5-6,9,14H2,1H3/t15-/m0/s1. The molecule has 1 aliphatic heterocycles. The SMILES string of the molecule is Cn1cc(C(=O)N2CCC[C@H](c3cncc(Oc4ccccc4)n3)C2)cn1. The van der Waals surface area contributed by atoms with Crippen LogP contribution in [0.1, 0.15) is 34.8 Å². The van der Waals surface area contributed by atoms with E-state index in [0.29, 0.717) is 18.0 Å². The molecule has 1 saturated heterocycles. The van der Waals surface area contributed by atoms with E-state index in [2.05, 4.69) is 15.1 Å². The Kier molecular flexibility index (Phi) is 4.82. The molecule has 3 heterocycles. The van der Waals surface area contributed by atoms with Crippen molar-refractivity contribution in [1.29, 1.82) is 0 Å². The molecule has 3 aromatic rings. The molecule has 0 bridgehead atoms. The van der Waals surface area contributed by atoms with Gasteiger partial charge in [-0.2, -0.15) is 5.10 Å². The van der Waals surface area contributed by atoms with E-state index in [1.165, 1.54) is 0 Å². The van der Waals surface area contributed by atoms with Crippen molar-refractivity contribution < 1.29 is 9.53 Å². The zero-order chi connectivity index (χ0) is 18.6. The van der Waals surface area contributed by atoms with Crippen molar-refractivity contribution in [2.24, 2.45) is 7.05 Å². The van der Waals surface area contributed by atoms with Gasteiger partial charge in [0, 0.05) is 38.4 Å². The van der Waals surface area contributed by atoms with Crippen LogP contribution >= 0.6 is 0 Å². The van der Waals surface area contributed by atoms with Crippen LogP contribution in [-0.2, 0) is 7.05 Å². The van der Waals surface area contributed by atoms with E-state index in [0.717, 1.165) is 30.8 Å². The molecule has 0 aliphatic carbocycles. The Morgan fingerprint density at radius 3 is 2.81 bits per heavy atom. The fourth-order valence-corrected chi connectivity index (χ4v) is 3.33. The van der Waals surface area contributed by atoms with E-state index < -0.39 is 0 Å². The monoisotopic (exact) mass is 363 g/mol. The fraction of sp³-hybridized carbons (Fsp3) is 0.300. The summed E-state index contributed by atoms with van der Waals surface area (Å²) in [5, 5.41) is 4.09. The number of nitrogens with zero attached hydrogens (tertiary/aromatic N) is 5. The van der Waals surface area contributed by atoms with Crippen molar-refractivity contribution >= 4 is 5.91 Å². The zero-order valence-corrected chi connectivity index (χ0v) is 15.2. The van der Waals surface area contributed by atoms with Gasteiger partial charge < -0.3 is 9.64 Å². The second-order valence-corrected chi connectivity index (χ2v) is 6.69. The number of carbonyl (C=O) groups excluding carboxylic acids is 1. The molecule has 27 heavy (non-hydrogen) atoms. The zero-order valence-electron chi connectivity index (χ0n) is 15.2. The van der Waals surface area contributed by atoms with Gasteiger partial charge in [-0.1, -0.05) is 18.2 Å². The van der Waals surface area contributed by atoms with Gasteiger partial charge in [0.1, 0.15) is 5.75 Å². The lowest BCUT2D eigenvalue weighted by Gasteiger charge is -2.32. The Morgan fingerprint density at radius 2 is 2.04 bits per heavy atom. The van der Waals surface area contributed by atoms with Crippen molar-refractivity contribution in [1.82, 2.24) is 24.6 Å². The van der Waals surface area contributed by atoms with Gasteiger partial charge in [0.05, 0.1) is 23.7 Å². The van der Waals surface area contributed by atoms with E-state index in [1.54, 1.807) is 29.5 Å². The molecule has 0 radical (unpaired) electrons. The molecular formula is C20H21N5O2. The lowest BCUT2D eigenvalue weighted by Crippen LogP contribution is -2.39. The topological polar surface area (TPSA) is 73.1 Å². The molecule has 7 heteroatoms. The predicted octanol–water partition coefficient (Wildman–Crippen LogP) is 3.02. The van der Waals surface area contributed by atoms with Crippen molar-refractivity contribution in [2.75, 3.05) is 13.1 Å². The number of hydrogen-bond donors (Lipinski definition) is 0. The summed E-state index contributed by atoms with van der Waals surface area (Å²) in [5.74, 6) is 1.35. The van der Waals surface area contributed by atoms with Crippen LogP contribution in [0, 0.1) is 0 Å². The van der Waals surface area contributed by atoms with E-state index in [4.69, 9.17) is 4.74 Å². The molecule has 2 aromatic heterocycles. The van der Waals surface area contributed by atoms with E-state index in [9.17, 15) is 4.79 Å². The second kappa shape index (κ2) is 7.57. The first kappa shape index (κ1) is 17.2. The Labute approximate surface area is 157 Å². The Bertz CT molecular complexity index is 925. The van der Waals surface area contributed by atoms with Gasteiger partial charge in [-0.15, -0.1) is 0 Å². The first-order chi connectivity index (χ1) is 13.2. The Hall–Kier alpha value is -3.22. The lowest BCUT2D eigenvalue weighted by atomic mass is 9.94. The average molecular weight is 363 g/mol. The number of likely N-dealkylation sites (tertiary alicyclic amines) is 1. The highest BCUT2D eigenvalue weighted by Crippen LogP contribution is 2.28. The van der Waals surface area contributed by atoms with Crippen LogP contribution in [0.25, 0.3) is 0 Å². The van der Waals surface area contributed by atoms with Gasteiger partial charge in [0.15, 0.2) is 0 Å². The smallest absolute Gasteiger partial charge is 0.257 e. The number of rotatable bonds is 4. The fourth-order valence-electron chi connectivity index (χ4n) is 3.33. The molecule has 1 fully saturated rings. The third-order valence-electron chi connectivity index (χ3n) is 4.68. The maximum atomic E-state index is 12.7. The van der Waals surface area contributed by atoms with Gasteiger partial charge in [-0.3, -0.25) is 14.5 Å². The van der Waals surface area contributed by atoms with Crippen molar-refractivity contribution in [3.63, 3.8) is 0 Å². The van der Waals surface area contributed by atoms with E-state index in [-0.39, 0.29) is 11.8 Å².